The van der Waals surface area contributed by atoms with Crippen LogP contribution in [0.2, 0.25) is 0 Å². The maximum Gasteiger partial charge on any atom is 0.257 e. The Balaban J connectivity index is 1.61. The Labute approximate surface area is 166 Å². The fourth-order valence-electron chi connectivity index (χ4n) is 3.30. The number of ether oxygens (including phenoxy) is 1. The van der Waals surface area contributed by atoms with Crippen molar-refractivity contribution < 1.29 is 17.9 Å². The van der Waals surface area contributed by atoms with Crippen molar-refractivity contribution in [3.63, 3.8) is 0 Å². The summed E-state index contributed by atoms with van der Waals surface area (Å²) in [6, 6.07) is 13.8. The number of aryl methyl sites for hydroxylation is 1. The average molecular weight is 403 g/mol. The lowest BCUT2D eigenvalue weighted by atomic mass is 10.0. The van der Waals surface area contributed by atoms with Gasteiger partial charge >= 0.3 is 0 Å². The molecule has 1 amide bonds. The highest BCUT2D eigenvalue weighted by Gasteiger charge is 2.28. The zero-order valence-corrected chi connectivity index (χ0v) is 17.0. The Morgan fingerprint density at radius 3 is 2.39 bits per heavy atom. The monoisotopic (exact) mass is 402 g/mol. The van der Waals surface area contributed by atoms with E-state index in [1.807, 2.05) is 26.0 Å². The van der Waals surface area contributed by atoms with Gasteiger partial charge in [-0.25, -0.2) is 13.1 Å². The summed E-state index contributed by atoms with van der Waals surface area (Å²) in [5, 5.41) is 0. The van der Waals surface area contributed by atoms with Gasteiger partial charge < -0.3 is 9.64 Å². The van der Waals surface area contributed by atoms with Crippen LogP contribution in [-0.2, 0) is 10.0 Å². The fraction of sp³-hybridized carbons (Fsp3) is 0.381. The van der Waals surface area contributed by atoms with Crippen LogP contribution in [0.4, 0.5) is 0 Å². The van der Waals surface area contributed by atoms with Gasteiger partial charge in [-0.15, -0.1) is 0 Å². The van der Waals surface area contributed by atoms with Crippen molar-refractivity contribution in [2.24, 2.45) is 0 Å². The zero-order valence-electron chi connectivity index (χ0n) is 16.2. The summed E-state index contributed by atoms with van der Waals surface area (Å²) >= 11 is 0. The van der Waals surface area contributed by atoms with Crippen LogP contribution in [0.25, 0.3) is 0 Å². The third-order valence-corrected chi connectivity index (χ3v) is 6.39. The molecule has 1 N–H and O–H groups in total. The number of sulfonamides is 1. The third-order valence-electron chi connectivity index (χ3n) is 4.85. The molecule has 6 nitrogen and oxygen atoms in total. The van der Waals surface area contributed by atoms with Crippen LogP contribution in [0.5, 0.6) is 5.75 Å². The van der Waals surface area contributed by atoms with Gasteiger partial charge in [-0.1, -0.05) is 29.8 Å². The van der Waals surface area contributed by atoms with Gasteiger partial charge in [0.05, 0.1) is 17.1 Å². The summed E-state index contributed by atoms with van der Waals surface area (Å²) in [5.41, 5.74) is 1.56. The van der Waals surface area contributed by atoms with Gasteiger partial charge in [0.25, 0.3) is 5.91 Å². The van der Waals surface area contributed by atoms with Crippen molar-refractivity contribution in [2.45, 2.75) is 37.6 Å². The number of piperidine rings is 1. The normalized spacial score (nSPS) is 15.4. The van der Waals surface area contributed by atoms with E-state index < -0.39 is 10.0 Å². The summed E-state index contributed by atoms with van der Waals surface area (Å²) in [7, 11) is -3.55. The summed E-state index contributed by atoms with van der Waals surface area (Å²) < 4.78 is 33.4. The molecule has 7 heteroatoms. The van der Waals surface area contributed by atoms with Gasteiger partial charge in [0.15, 0.2) is 0 Å². The van der Waals surface area contributed by atoms with E-state index in [1.54, 1.807) is 41.3 Å². The Hall–Kier alpha value is -2.38. The first-order chi connectivity index (χ1) is 13.4. The van der Waals surface area contributed by atoms with Gasteiger partial charge in [-0.3, -0.25) is 4.79 Å². The van der Waals surface area contributed by atoms with Crippen molar-refractivity contribution in [3.05, 3.63) is 59.7 Å². The molecule has 1 saturated heterocycles. The molecule has 28 heavy (non-hydrogen) atoms. The predicted molar refractivity (Wildman–Crippen MR) is 108 cm³/mol. The minimum atomic E-state index is -3.55. The van der Waals surface area contributed by atoms with Gasteiger partial charge in [0, 0.05) is 19.1 Å². The van der Waals surface area contributed by atoms with Crippen molar-refractivity contribution in [1.29, 1.82) is 0 Å². The lowest BCUT2D eigenvalue weighted by molar-refractivity contribution is 0.0707. The minimum absolute atomic E-state index is 0.0797. The third kappa shape index (κ3) is 4.72. The number of hydrogen-bond acceptors (Lipinski definition) is 4. The Morgan fingerprint density at radius 1 is 1.11 bits per heavy atom. The molecule has 1 aliphatic rings. The predicted octanol–water partition coefficient (Wildman–Crippen LogP) is 2.98. The molecule has 2 aromatic rings. The molecule has 2 aromatic carbocycles. The first-order valence-electron chi connectivity index (χ1n) is 9.51. The minimum Gasteiger partial charge on any atom is -0.493 e. The quantitative estimate of drug-likeness (QED) is 0.806. The van der Waals surface area contributed by atoms with E-state index in [0.29, 0.717) is 43.9 Å². The molecule has 0 bridgehead atoms. The van der Waals surface area contributed by atoms with E-state index in [0.717, 1.165) is 5.56 Å². The molecule has 0 atom stereocenters. The summed E-state index contributed by atoms with van der Waals surface area (Å²) in [4.78, 5) is 14.9. The molecule has 0 aromatic heterocycles. The highest BCUT2D eigenvalue weighted by atomic mass is 32.2. The second-order valence-corrected chi connectivity index (χ2v) is 8.64. The van der Waals surface area contributed by atoms with E-state index in [4.69, 9.17) is 4.74 Å². The molecule has 0 unspecified atom stereocenters. The van der Waals surface area contributed by atoms with Gasteiger partial charge in [-0.05, 0) is 51.0 Å². The smallest absolute Gasteiger partial charge is 0.257 e. The summed E-state index contributed by atoms with van der Waals surface area (Å²) in [6.07, 6.45) is 1.15. The number of hydrogen-bond donors (Lipinski definition) is 1. The van der Waals surface area contributed by atoms with Crippen LogP contribution in [0.3, 0.4) is 0 Å². The molecule has 1 aliphatic heterocycles. The maximum absolute atomic E-state index is 12.8. The van der Waals surface area contributed by atoms with Crippen molar-refractivity contribution in [1.82, 2.24) is 9.62 Å². The molecule has 0 aliphatic carbocycles. The van der Waals surface area contributed by atoms with Crippen LogP contribution in [0.15, 0.2) is 53.4 Å². The van der Waals surface area contributed by atoms with Gasteiger partial charge in [0.1, 0.15) is 5.75 Å². The number of amides is 1. The Bertz CT molecular complexity index is 918. The van der Waals surface area contributed by atoms with Crippen LogP contribution in [0, 0.1) is 6.92 Å². The molecule has 3 rings (SSSR count). The first-order valence-corrected chi connectivity index (χ1v) is 11.0. The lowest BCUT2D eigenvalue weighted by Crippen LogP contribution is -2.46. The van der Waals surface area contributed by atoms with Crippen molar-refractivity contribution in [2.75, 3.05) is 19.7 Å². The topological polar surface area (TPSA) is 75.7 Å². The van der Waals surface area contributed by atoms with E-state index in [-0.39, 0.29) is 16.8 Å². The molecular formula is C21H26N2O4S. The number of benzene rings is 2. The highest BCUT2D eigenvalue weighted by molar-refractivity contribution is 7.89. The molecular weight excluding hydrogens is 376 g/mol. The van der Waals surface area contributed by atoms with Crippen LogP contribution in [0.1, 0.15) is 35.7 Å². The molecule has 0 radical (unpaired) electrons. The number of carbonyl (C=O) groups is 1. The zero-order chi connectivity index (χ0) is 20.1. The van der Waals surface area contributed by atoms with Gasteiger partial charge in [0.2, 0.25) is 10.0 Å². The number of likely N-dealkylation sites (tertiary alicyclic amines) is 1. The Kier molecular flexibility index (Phi) is 6.36. The number of nitrogens with one attached hydrogen (secondary N) is 1. The number of nitrogens with zero attached hydrogens (tertiary/aromatic N) is 1. The largest absolute Gasteiger partial charge is 0.493 e. The molecule has 1 fully saturated rings. The van der Waals surface area contributed by atoms with Crippen molar-refractivity contribution >= 4 is 15.9 Å². The molecule has 0 spiro atoms. The second-order valence-electron chi connectivity index (χ2n) is 6.93. The second kappa shape index (κ2) is 8.75. The summed E-state index contributed by atoms with van der Waals surface area (Å²) in [6.45, 7) is 5.29. The highest BCUT2D eigenvalue weighted by Crippen LogP contribution is 2.22. The SMILES string of the molecule is CCOc1ccccc1C(=O)N1CCC(NS(=O)(=O)c2ccc(C)cc2)CC1. The average Bonchev–Trinajstić information content (AvgIpc) is 2.69. The fourth-order valence-corrected chi connectivity index (χ4v) is 4.61. The van der Waals surface area contributed by atoms with Crippen molar-refractivity contribution in [3.8, 4) is 5.75 Å². The molecule has 150 valence electrons. The van der Waals surface area contributed by atoms with E-state index >= 15 is 0 Å². The van der Waals surface area contributed by atoms with Crippen LogP contribution < -0.4 is 9.46 Å². The summed E-state index contributed by atoms with van der Waals surface area (Å²) in [5.74, 6) is 0.501. The lowest BCUT2D eigenvalue weighted by Gasteiger charge is -2.32. The Morgan fingerprint density at radius 2 is 1.75 bits per heavy atom. The first kappa shape index (κ1) is 20.4. The standard InChI is InChI=1S/C21H26N2O4S/c1-3-27-20-7-5-4-6-19(20)21(24)23-14-12-17(13-15-23)22-28(25,26)18-10-8-16(2)9-11-18/h4-11,17,22H,3,12-15H2,1-2H3. The number of rotatable bonds is 6. The van der Waals surface area contributed by atoms with Crippen LogP contribution >= 0.6 is 0 Å². The maximum atomic E-state index is 12.8. The molecule has 1 heterocycles. The molecule has 0 saturated carbocycles. The van der Waals surface area contributed by atoms with E-state index in [9.17, 15) is 13.2 Å². The van der Waals surface area contributed by atoms with Gasteiger partial charge in [-0.2, -0.15) is 0 Å². The number of para-hydroxylation sites is 1. The van der Waals surface area contributed by atoms with E-state index in [1.165, 1.54) is 0 Å². The van der Waals surface area contributed by atoms with Crippen LogP contribution in [-0.4, -0.2) is 45.0 Å². The van der Waals surface area contributed by atoms with E-state index in [2.05, 4.69) is 4.72 Å². The number of carbonyl (C=O) groups excluding carboxylic acids is 1.